The van der Waals surface area contributed by atoms with E-state index in [0.29, 0.717) is 30.3 Å². The second-order valence-corrected chi connectivity index (χ2v) is 14.6. The van der Waals surface area contributed by atoms with Crippen molar-refractivity contribution in [2.45, 2.75) is 104 Å². The zero-order chi connectivity index (χ0) is 26.0. The first-order chi connectivity index (χ1) is 16.3. The Bertz CT molecular complexity index is 640. The lowest BCUT2D eigenvalue weighted by Crippen LogP contribution is -2.53. The Labute approximate surface area is 215 Å². The molecular weight excluding hydrogens is 463 g/mol. The molecule has 3 rings (SSSR count). The van der Waals surface area contributed by atoms with Crippen LogP contribution < -0.4 is 0 Å². The third kappa shape index (κ3) is 7.35. The van der Waals surface area contributed by atoms with Crippen LogP contribution in [0, 0.1) is 34.5 Å². The number of rotatable bonds is 8. The summed E-state index contributed by atoms with van der Waals surface area (Å²) < 4.78 is 31.2. The molecule has 0 radical (unpaired) electrons. The zero-order valence-electron chi connectivity index (χ0n) is 23.4. The lowest BCUT2D eigenvalue weighted by Gasteiger charge is -2.52. The van der Waals surface area contributed by atoms with Crippen molar-refractivity contribution in [3.8, 4) is 0 Å². The maximum Gasteiger partial charge on any atom is 0.268 e. The van der Waals surface area contributed by atoms with E-state index in [1.165, 1.54) is 0 Å². The molecule has 1 heterocycles. The maximum atomic E-state index is 9.21. The Balaban J connectivity index is 1.92. The predicted octanol–water partition coefficient (Wildman–Crippen LogP) is 7.08. The van der Waals surface area contributed by atoms with Crippen LogP contribution in [0.5, 0.6) is 0 Å². The normalized spacial score (nSPS) is 38.2. The van der Waals surface area contributed by atoms with Crippen molar-refractivity contribution >= 4 is 8.38 Å². The summed E-state index contributed by atoms with van der Waals surface area (Å²) in [5.41, 5.74) is 0.240. The van der Waals surface area contributed by atoms with Gasteiger partial charge in [-0.25, -0.2) is 0 Å². The smallest absolute Gasteiger partial charge is 0.268 e. The van der Waals surface area contributed by atoms with Gasteiger partial charge in [0.05, 0.1) is 31.0 Å². The minimum Gasteiger partial charge on any atom is -0.481 e. The fourth-order valence-corrected chi connectivity index (χ4v) is 8.54. The quantitative estimate of drug-likeness (QED) is 0.212. The van der Waals surface area contributed by atoms with Gasteiger partial charge in [0.25, 0.3) is 5.95 Å². The molecule has 0 aromatic rings. The highest BCUT2D eigenvalue weighted by Crippen LogP contribution is 2.60. The van der Waals surface area contributed by atoms with Crippen LogP contribution >= 0.6 is 8.38 Å². The molecule has 3 fully saturated rings. The average Bonchev–Trinajstić information content (AvgIpc) is 2.92. The van der Waals surface area contributed by atoms with Gasteiger partial charge >= 0.3 is 0 Å². The molecule has 2 saturated carbocycles. The molecule has 204 valence electrons. The van der Waals surface area contributed by atoms with Crippen LogP contribution in [-0.2, 0) is 23.3 Å². The number of aliphatic hydroxyl groups excluding tert-OH is 1. The van der Waals surface area contributed by atoms with Crippen LogP contribution in [0.25, 0.3) is 0 Å². The Morgan fingerprint density at radius 2 is 1.29 bits per heavy atom. The second kappa shape index (κ2) is 12.0. The molecule has 2 aliphatic carbocycles. The van der Waals surface area contributed by atoms with Gasteiger partial charge in [-0.3, -0.25) is 0 Å². The molecule has 0 amide bonds. The number of hydrogen-bond donors (Lipinski definition) is 1. The van der Waals surface area contributed by atoms with Crippen molar-refractivity contribution in [2.24, 2.45) is 34.5 Å². The van der Waals surface area contributed by atoms with E-state index in [1.807, 2.05) is 14.2 Å². The van der Waals surface area contributed by atoms with Gasteiger partial charge in [0.1, 0.15) is 0 Å². The predicted molar refractivity (Wildman–Crippen MR) is 141 cm³/mol. The van der Waals surface area contributed by atoms with Gasteiger partial charge in [0, 0.05) is 20.4 Å². The molecule has 0 spiro atoms. The fraction of sp³-hybridized carbons (Fsp3) is 0.929. The minimum atomic E-state index is -1.02. The van der Waals surface area contributed by atoms with Gasteiger partial charge in [-0.2, -0.15) is 0 Å². The van der Waals surface area contributed by atoms with Crippen molar-refractivity contribution < 1.29 is 28.4 Å². The molecule has 3 aliphatic rings. The van der Waals surface area contributed by atoms with E-state index < -0.39 is 8.38 Å². The molecule has 6 nitrogen and oxygen atoms in total. The molecule has 35 heavy (non-hydrogen) atoms. The fourth-order valence-electron chi connectivity index (χ4n) is 6.65. The van der Waals surface area contributed by atoms with Gasteiger partial charge in [0.15, 0.2) is 8.38 Å². The van der Waals surface area contributed by atoms with E-state index in [9.17, 15) is 5.11 Å². The highest BCUT2D eigenvalue weighted by atomic mass is 31.2. The molecular formula is C28H51O6P. The maximum absolute atomic E-state index is 9.21. The van der Waals surface area contributed by atoms with Crippen LogP contribution in [0.15, 0.2) is 12.5 Å². The van der Waals surface area contributed by atoms with Crippen molar-refractivity contribution in [3.63, 3.8) is 0 Å². The lowest BCUT2D eigenvalue weighted by atomic mass is 9.57. The summed E-state index contributed by atoms with van der Waals surface area (Å²) in [5, 5.41) is 9.21. The number of unbranched alkanes of at least 4 members (excludes halogenated alkanes) is 1. The summed E-state index contributed by atoms with van der Waals surface area (Å²) in [6.45, 7) is 17.9. The van der Waals surface area contributed by atoms with E-state index in [4.69, 9.17) is 23.3 Å². The van der Waals surface area contributed by atoms with Crippen LogP contribution in [0.4, 0.5) is 0 Å². The third-order valence-electron chi connectivity index (χ3n) is 8.66. The molecule has 1 N–H and O–H groups in total. The molecule has 8 atom stereocenters. The van der Waals surface area contributed by atoms with Gasteiger partial charge in [0.2, 0.25) is 0 Å². The van der Waals surface area contributed by atoms with Gasteiger partial charge < -0.3 is 28.4 Å². The van der Waals surface area contributed by atoms with E-state index in [2.05, 4.69) is 48.1 Å². The highest BCUT2D eigenvalue weighted by molar-refractivity contribution is 7.47. The lowest BCUT2D eigenvalue weighted by molar-refractivity contribution is -0.120. The van der Waals surface area contributed by atoms with E-state index in [1.54, 1.807) is 0 Å². The molecule has 1 aliphatic heterocycles. The minimum absolute atomic E-state index is 0.120. The number of fused-ring (bicyclic) bond motifs is 3. The van der Waals surface area contributed by atoms with Crippen LogP contribution in [0.1, 0.15) is 80.1 Å². The van der Waals surface area contributed by atoms with Gasteiger partial charge in [-0.1, -0.05) is 41.5 Å². The van der Waals surface area contributed by atoms with Crippen molar-refractivity contribution in [1.29, 1.82) is 0 Å². The molecule has 0 aromatic heterocycles. The highest BCUT2D eigenvalue weighted by Gasteiger charge is 2.56. The number of aliphatic hydroxyl groups is 1. The summed E-state index contributed by atoms with van der Waals surface area (Å²) in [6.07, 6.45) is 7.66. The standard InChI is InChI=1S/C28H51O6P/c1-18(29)32-12-10-11-13-35-33-25-21(14-19(30-8)16-23(25)27(2,3)4)22-15-20(31-9)17-24(26(22)34-35)28(5,6)7/h19-26,29H,1,10-17H2,2-9H3. The Morgan fingerprint density at radius 3 is 1.66 bits per heavy atom. The van der Waals surface area contributed by atoms with Crippen LogP contribution in [0.3, 0.4) is 0 Å². The van der Waals surface area contributed by atoms with E-state index in [-0.39, 0.29) is 41.2 Å². The number of hydrogen-bond acceptors (Lipinski definition) is 6. The second-order valence-electron chi connectivity index (χ2n) is 13.1. The monoisotopic (exact) mass is 514 g/mol. The van der Waals surface area contributed by atoms with Crippen LogP contribution in [0.2, 0.25) is 0 Å². The van der Waals surface area contributed by atoms with Crippen molar-refractivity contribution in [2.75, 3.05) is 27.0 Å². The van der Waals surface area contributed by atoms with E-state index in [0.717, 1.165) is 44.7 Å². The van der Waals surface area contributed by atoms with E-state index >= 15 is 0 Å². The first kappa shape index (κ1) is 29.2. The molecule has 7 heteroatoms. The summed E-state index contributed by atoms with van der Waals surface area (Å²) in [6, 6.07) is 0. The Kier molecular flexibility index (Phi) is 9.99. The van der Waals surface area contributed by atoms with Crippen molar-refractivity contribution in [1.82, 2.24) is 0 Å². The number of methoxy groups -OCH3 is 2. The molecule has 1 saturated heterocycles. The first-order valence-electron chi connectivity index (χ1n) is 13.5. The van der Waals surface area contributed by atoms with Gasteiger partial charge in [-0.05, 0) is 79.6 Å². The topological polar surface area (TPSA) is 66.4 Å². The summed E-state index contributed by atoms with van der Waals surface area (Å²) in [5.74, 6) is 1.42. The number of ether oxygens (including phenoxy) is 3. The molecule has 8 unspecified atom stereocenters. The van der Waals surface area contributed by atoms with Gasteiger partial charge in [-0.15, -0.1) is 0 Å². The molecule has 0 bridgehead atoms. The van der Waals surface area contributed by atoms with Crippen LogP contribution in [-0.4, -0.2) is 56.5 Å². The Morgan fingerprint density at radius 1 is 0.829 bits per heavy atom. The largest absolute Gasteiger partial charge is 0.481 e. The Hall–Kier alpha value is -0.390. The molecule has 0 aromatic carbocycles. The summed E-state index contributed by atoms with van der Waals surface area (Å²) >= 11 is 0. The van der Waals surface area contributed by atoms with Crippen molar-refractivity contribution in [3.05, 3.63) is 12.5 Å². The average molecular weight is 515 g/mol. The summed E-state index contributed by atoms with van der Waals surface area (Å²) in [4.78, 5) is 0. The summed E-state index contributed by atoms with van der Waals surface area (Å²) in [7, 11) is 2.70. The first-order valence-corrected chi connectivity index (χ1v) is 14.9. The third-order valence-corrected chi connectivity index (χ3v) is 10.3. The zero-order valence-corrected chi connectivity index (χ0v) is 24.3. The SMILES string of the molecule is C=C(O)OCCCCP1OC2C(CC(OC)CC2C(C)(C)C)C2CC(OC)CC(C(C)(C)C)C2O1.